The molecule has 2 aromatic heterocycles. The summed E-state index contributed by atoms with van der Waals surface area (Å²) in [6, 6.07) is 1.96. The van der Waals surface area contributed by atoms with Gasteiger partial charge < -0.3 is 10.2 Å². The maximum absolute atomic E-state index is 4.45. The lowest BCUT2D eigenvalue weighted by Gasteiger charge is -2.14. The lowest BCUT2D eigenvalue weighted by Crippen LogP contribution is -2.17. The van der Waals surface area contributed by atoms with Crippen LogP contribution in [-0.2, 0) is 13.6 Å². The van der Waals surface area contributed by atoms with Crippen molar-refractivity contribution in [1.29, 1.82) is 0 Å². The van der Waals surface area contributed by atoms with E-state index in [4.69, 9.17) is 0 Å². The van der Waals surface area contributed by atoms with Crippen LogP contribution in [-0.4, -0.2) is 38.8 Å². The third-order valence-electron chi connectivity index (χ3n) is 2.91. The lowest BCUT2D eigenvalue weighted by atomic mass is 10.2. The fourth-order valence-electron chi connectivity index (χ4n) is 1.66. The molecule has 0 unspecified atom stereocenters. The number of nitrogens with one attached hydrogen (secondary N) is 1. The van der Waals surface area contributed by atoms with E-state index in [1.165, 1.54) is 0 Å². The number of hydrogen-bond donors (Lipinski definition) is 1. The van der Waals surface area contributed by atoms with Gasteiger partial charge in [-0.3, -0.25) is 4.68 Å². The van der Waals surface area contributed by atoms with E-state index in [2.05, 4.69) is 39.2 Å². The first-order valence-electron chi connectivity index (χ1n) is 6.61. The van der Waals surface area contributed by atoms with Crippen LogP contribution in [0, 0.1) is 0 Å². The molecule has 0 amide bonds. The van der Waals surface area contributed by atoms with Gasteiger partial charge in [-0.25, -0.2) is 0 Å². The van der Waals surface area contributed by atoms with Gasteiger partial charge in [-0.2, -0.15) is 20.1 Å². The van der Waals surface area contributed by atoms with Crippen molar-refractivity contribution in [3.8, 4) is 0 Å². The van der Waals surface area contributed by atoms with Gasteiger partial charge >= 0.3 is 0 Å². The quantitative estimate of drug-likeness (QED) is 0.889. The second kappa shape index (κ2) is 5.85. The average Bonchev–Trinajstić information content (AvgIpc) is 2.81. The van der Waals surface area contributed by atoms with E-state index >= 15 is 0 Å². The van der Waals surface area contributed by atoms with E-state index in [9.17, 15) is 0 Å². The van der Waals surface area contributed by atoms with Crippen molar-refractivity contribution in [3.63, 3.8) is 0 Å². The van der Waals surface area contributed by atoms with Crippen molar-refractivity contribution in [2.75, 3.05) is 24.3 Å². The number of hydrogen-bond acceptors (Lipinski definition) is 6. The number of rotatable bonds is 5. The monoisotopic (exact) mass is 275 g/mol. The number of nitrogens with zero attached hydrogens (tertiary/aromatic N) is 6. The van der Waals surface area contributed by atoms with E-state index < -0.39 is 0 Å². The molecule has 0 radical (unpaired) electrons. The van der Waals surface area contributed by atoms with Gasteiger partial charge in [0, 0.05) is 33.3 Å². The van der Waals surface area contributed by atoms with E-state index in [1.54, 1.807) is 6.20 Å². The van der Waals surface area contributed by atoms with Crippen molar-refractivity contribution < 1.29 is 0 Å². The van der Waals surface area contributed by atoms with Gasteiger partial charge in [-0.1, -0.05) is 13.8 Å². The minimum Gasteiger partial charge on any atom is -0.348 e. The topological polar surface area (TPSA) is 71.8 Å². The Balaban J connectivity index is 2.20. The summed E-state index contributed by atoms with van der Waals surface area (Å²) in [6.45, 7) is 4.77. The Bertz CT molecular complexity index is 548. The molecule has 7 nitrogen and oxygen atoms in total. The molecular formula is C13H21N7. The summed E-state index contributed by atoms with van der Waals surface area (Å²) in [7, 11) is 5.75. The Kier molecular flexibility index (Phi) is 4.16. The number of aromatic nitrogens is 5. The molecule has 2 rings (SSSR count). The highest BCUT2D eigenvalue weighted by Gasteiger charge is 2.11. The summed E-state index contributed by atoms with van der Waals surface area (Å²) < 4.78 is 1.82. The SMILES string of the molecule is CC(C)c1nc(NCc2ccnn2C)nc(N(C)C)n1. The Labute approximate surface area is 119 Å². The molecule has 0 aromatic carbocycles. The predicted molar refractivity (Wildman–Crippen MR) is 78.8 cm³/mol. The van der Waals surface area contributed by atoms with Crippen LogP contribution in [0.2, 0.25) is 0 Å². The summed E-state index contributed by atoms with van der Waals surface area (Å²) in [4.78, 5) is 15.2. The van der Waals surface area contributed by atoms with E-state index in [-0.39, 0.29) is 5.92 Å². The third kappa shape index (κ3) is 3.23. The zero-order valence-electron chi connectivity index (χ0n) is 12.6. The number of aryl methyl sites for hydroxylation is 1. The summed E-state index contributed by atoms with van der Waals surface area (Å²) in [5.41, 5.74) is 1.07. The zero-order valence-corrected chi connectivity index (χ0v) is 12.6. The van der Waals surface area contributed by atoms with Gasteiger partial charge in [-0.15, -0.1) is 0 Å². The molecule has 0 aliphatic rings. The van der Waals surface area contributed by atoms with E-state index in [0.29, 0.717) is 18.4 Å². The lowest BCUT2D eigenvalue weighted by molar-refractivity contribution is 0.715. The highest BCUT2D eigenvalue weighted by atomic mass is 15.3. The van der Waals surface area contributed by atoms with E-state index in [1.807, 2.05) is 36.8 Å². The van der Waals surface area contributed by atoms with Crippen LogP contribution in [0.5, 0.6) is 0 Å². The second-order valence-corrected chi connectivity index (χ2v) is 5.17. The molecule has 7 heteroatoms. The van der Waals surface area contributed by atoms with Gasteiger partial charge in [0.25, 0.3) is 0 Å². The fraction of sp³-hybridized carbons (Fsp3) is 0.538. The van der Waals surface area contributed by atoms with Gasteiger partial charge in [0.1, 0.15) is 5.82 Å². The number of anilines is 2. The molecule has 1 N–H and O–H groups in total. The fourth-order valence-corrected chi connectivity index (χ4v) is 1.66. The van der Waals surface area contributed by atoms with E-state index in [0.717, 1.165) is 11.5 Å². The predicted octanol–water partition coefficient (Wildman–Crippen LogP) is 1.41. The van der Waals surface area contributed by atoms with Crippen molar-refractivity contribution in [1.82, 2.24) is 24.7 Å². The Hall–Kier alpha value is -2.18. The zero-order chi connectivity index (χ0) is 14.7. The van der Waals surface area contributed by atoms with Crippen molar-refractivity contribution >= 4 is 11.9 Å². The minimum atomic E-state index is 0.258. The van der Waals surface area contributed by atoms with Crippen LogP contribution in [0.15, 0.2) is 12.3 Å². The summed E-state index contributed by atoms with van der Waals surface area (Å²) in [5.74, 6) is 2.30. The Morgan fingerprint density at radius 3 is 2.55 bits per heavy atom. The Morgan fingerprint density at radius 2 is 2.00 bits per heavy atom. The molecule has 0 saturated heterocycles. The molecule has 0 aliphatic heterocycles. The summed E-state index contributed by atoms with van der Waals surface area (Å²) >= 11 is 0. The van der Waals surface area contributed by atoms with Crippen LogP contribution < -0.4 is 10.2 Å². The average molecular weight is 275 g/mol. The highest BCUT2D eigenvalue weighted by Crippen LogP contribution is 2.15. The molecule has 2 heterocycles. The molecule has 0 fully saturated rings. The van der Waals surface area contributed by atoms with Gasteiger partial charge in [-0.05, 0) is 6.07 Å². The molecule has 0 spiro atoms. The molecule has 0 saturated carbocycles. The van der Waals surface area contributed by atoms with Gasteiger partial charge in [0.15, 0.2) is 0 Å². The molecule has 0 aliphatic carbocycles. The minimum absolute atomic E-state index is 0.258. The summed E-state index contributed by atoms with van der Waals surface area (Å²) in [6.07, 6.45) is 1.77. The normalized spacial score (nSPS) is 10.9. The van der Waals surface area contributed by atoms with Crippen LogP contribution >= 0.6 is 0 Å². The molecule has 20 heavy (non-hydrogen) atoms. The van der Waals surface area contributed by atoms with Crippen LogP contribution in [0.3, 0.4) is 0 Å². The van der Waals surface area contributed by atoms with Gasteiger partial charge in [0.05, 0.1) is 12.2 Å². The van der Waals surface area contributed by atoms with Crippen LogP contribution in [0.1, 0.15) is 31.3 Å². The maximum Gasteiger partial charge on any atom is 0.229 e. The first kappa shape index (κ1) is 14.2. The molecule has 2 aromatic rings. The second-order valence-electron chi connectivity index (χ2n) is 5.17. The molecule has 108 valence electrons. The van der Waals surface area contributed by atoms with Crippen molar-refractivity contribution in [3.05, 3.63) is 23.8 Å². The van der Waals surface area contributed by atoms with Crippen LogP contribution in [0.25, 0.3) is 0 Å². The van der Waals surface area contributed by atoms with Crippen molar-refractivity contribution in [2.24, 2.45) is 7.05 Å². The smallest absolute Gasteiger partial charge is 0.229 e. The first-order chi connectivity index (χ1) is 9.47. The largest absolute Gasteiger partial charge is 0.348 e. The first-order valence-corrected chi connectivity index (χ1v) is 6.61. The Morgan fingerprint density at radius 1 is 1.25 bits per heavy atom. The van der Waals surface area contributed by atoms with Crippen molar-refractivity contribution in [2.45, 2.75) is 26.3 Å². The standard InChI is InChI=1S/C13H21N7/c1-9(2)11-16-12(18-13(17-11)19(3)4)14-8-10-6-7-15-20(10)5/h6-7,9H,8H2,1-5H3,(H,14,16,17,18). The highest BCUT2D eigenvalue weighted by molar-refractivity contribution is 5.36. The van der Waals surface area contributed by atoms with Crippen LogP contribution in [0.4, 0.5) is 11.9 Å². The maximum atomic E-state index is 4.45. The third-order valence-corrected chi connectivity index (χ3v) is 2.91. The molecule has 0 atom stereocenters. The summed E-state index contributed by atoms with van der Waals surface area (Å²) in [5, 5.41) is 7.36. The molecular weight excluding hydrogens is 254 g/mol. The van der Waals surface area contributed by atoms with Gasteiger partial charge in [0.2, 0.25) is 11.9 Å². The molecule has 0 bridgehead atoms.